The van der Waals surface area contributed by atoms with Crippen LogP contribution in [0.4, 0.5) is 0 Å². The highest BCUT2D eigenvalue weighted by Gasteiger charge is 2.33. The van der Waals surface area contributed by atoms with Crippen LogP contribution in [0.1, 0.15) is 27.2 Å². The maximum atomic E-state index is 11.9. The van der Waals surface area contributed by atoms with Gasteiger partial charge in [0.1, 0.15) is 0 Å². The number of piperazine rings is 1. The summed E-state index contributed by atoms with van der Waals surface area (Å²) in [6.45, 7) is 5.06. The summed E-state index contributed by atoms with van der Waals surface area (Å²) in [5, 5.41) is 2.34. The van der Waals surface area contributed by atoms with E-state index >= 15 is 0 Å². The van der Waals surface area contributed by atoms with Gasteiger partial charge in [-0.2, -0.15) is 0 Å². The molecule has 0 bridgehead atoms. The van der Waals surface area contributed by atoms with Crippen LogP contribution in [-0.2, 0) is 19.4 Å². The molecular weight excluding hydrogens is 256 g/mol. The smallest absolute Gasteiger partial charge is 0.246 e. The number of hydrogen-bond donors (Lipinski definition) is 1. The van der Waals surface area contributed by atoms with Gasteiger partial charge in [0, 0.05) is 6.54 Å². The third-order valence-electron chi connectivity index (χ3n) is 3.09. The molecule has 1 rings (SSSR count). The fourth-order valence-electron chi connectivity index (χ4n) is 1.71. The van der Waals surface area contributed by atoms with Crippen molar-refractivity contribution in [3.05, 3.63) is 0 Å². The molecule has 1 heterocycles. The summed E-state index contributed by atoms with van der Waals surface area (Å²) in [6.07, 6.45) is 0.583. The highest BCUT2D eigenvalue weighted by Crippen LogP contribution is 2.08. The maximum absolute atomic E-state index is 11.9. The number of carbonyl (C=O) groups excluding carboxylic acids is 2. The van der Waals surface area contributed by atoms with E-state index in [9.17, 15) is 18.0 Å². The van der Waals surface area contributed by atoms with Crippen molar-refractivity contribution in [3.63, 3.8) is 0 Å². The monoisotopic (exact) mass is 276 g/mol. The molecule has 1 N–H and O–H groups in total. The average Bonchev–Trinajstić information content (AvgIpc) is 2.28. The van der Waals surface area contributed by atoms with E-state index in [1.807, 2.05) is 6.92 Å². The minimum absolute atomic E-state index is 0.0453. The first-order valence-corrected chi connectivity index (χ1v) is 7.80. The molecule has 0 saturated carbocycles. The summed E-state index contributed by atoms with van der Waals surface area (Å²) in [7, 11) is -3.24. The highest BCUT2D eigenvalue weighted by molar-refractivity contribution is 7.92. The van der Waals surface area contributed by atoms with Crippen LogP contribution >= 0.6 is 0 Å². The van der Waals surface area contributed by atoms with E-state index in [4.69, 9.17) is 0 Å². The molecule has 2 amide bonds. The topological polar surface area (TPSA) is 83.6 Å². The van der Waals surface area contributed by atoms with Crippen molar-refractivity contribution in [1.82, 2.24) is 10.2 Å². The molecule has 1 saturated heterocycles. The van der Waals surface area contributed by atoms with Gasteiger partial charge in [0.05, 0.1) is 23.6 Å². The van der Waals surface area contributed by atoms with Crippen LogP contribution in [0, 0.1) is 0 Å². The molecule has 1 fully saturated rings. The van der Waals surface area contributed by atoms with Gasteiger partial charge in [-0.05, 0) is 20.3 Å². The minimum atomic E-state index is -3.24. The van der Waals surface area contributed by atoms with Crippen LogP contribution < -0.4 is 5.32 Å². The molecule has 1 atom stereocenters. The largest absolute Gasteiger partial charge is 0.297 e. The van der Waals surface area contributed by atoms with Gasteiger partial charge in [0.15, 0.2) is 9.84 Å². The zero-order chi connectivity index (χ0) is 13.9. The Kier molecular flexibility index (Phi) is 4.86. The molecular formula is C11H20N2O4S. The summed E-state index contributed by atoms with van der Waals surface area (Å²) in [4.78, 5) is 24.6. The molecule has 18 heavy (non-hydrogen) atoms. The first-order chi connectivity index (χ1) is 8.29. The second kappa shape index (κ2) is 5.79. The molecule has 6 nitrogen and oxygen atoms in total. The Morgan fingerprint density at radius 1 is 1.39 bits per heavy atom. The number of amides is 2. The van der Waals surface area contributed by atoms with E-state index in [1.165, 1.54) is 0 Å². The number of nitrogens with zero attached hydrogens (tertiary/aromatic N) is 1. The normalized spacial score (nSPS) is 21.8. The summed E-state index contributed by atoms with van der Waals surface area (Å²) in [5.74, 6) is -0.852. The molecule has 1 aliphatic heterocycles. The molecule has 0 aromatic heterocycles. The molecule has 0 aromatic carbocycles. The van der Waals surface area contributed by atoms with Crippen LogP contribution in [0.15, 0.2) is 0 Å². The van der Waals surface area contributed by atoms with Gasteiger partial charge in [-0.25, -0.2) is 8.42 Å². The summed E-state index contributed by atoms with van der Waals surface area (Å²) in [5.41, 5.74) is 0. The number of imide groups is 1. The fourth-order valence-corrected chi connectivity index (χ4v) is 2.62. The Balaban J connectivity index is 2.70. The summed E-state index contributed by atoms with van der Waals surface area (Å²) in [6, 6.07) is -0.385. The first kappa shape index (κ1) is 15.1. The molecule has 1 unspecified atom stereocenters. The Morgan fingerprint density at radius 2 is 2.00 bits per heavy atom. The van der Waals surface area contributed by atoms with Crippen molar-refractivity contribution in [3.8, 4) is 0 Å². The predicted molar refractivity (Wildman–Crippen MR) is 67.7 cm³/mol. The Morgan fingerprint density at radius 3 is 2.50 bits per heavy atom. The second-order valence-corrected chi connectivity index (χ2v) is 7.32. The van der Waals surface area contributed by atoms with E-state index in [-0.39, 0.29) is 36.7 Å². The van der Waals surface area contributed by atoms with Gasteiger partial charge in [-0.1, -0.05) is 6.92 Å². The number of rotatable bonds is 5. The standard InChI is InChI=1S/C11H20N2O4S/c1-4-9-11(15)13(10(14)7-12-9)5-6-18(16,17)8(2)3/h8-9,12H,4-7H2,1-3H3. The summed E-state index contributed by atoms with van der Waals surface area (Å²) < 4.78 is 23.3. The number of hydrogen-bond acceptors (Lipinski definition) is 5. The van der Waals surface area contributed by atoms with E-state index in [0.717, 1.165) is 4.90 Å². The van der Waals surface area contributed by atoms with E-state index in [2.05, 4.69) is 5.32 Å². The van der Waals surface area contributed by atoms with Gasteiger partial charge in [-0.3, -0.25) is 19.8 Å². The van der Waals surface area contributed by atoms with Crippen LogP contribution in [0.2, 0.25) is 0 Å². The Bertz CT molecular complexity index is 430. The van der Waals surface area contributed by atoms with Crippen molar-refractivity contribution < 1.29 is 18.0 Å². The molecule has 1 aliphatic rings. The number of nitrogens with one attached hydrogen (secondary N) is 1. The summed E-state index contributed by atoms with van der Waals surface area (Å²) >= 11 is 0. The lowest BCUT2D eigenvalue weighted by atomic mass is 10.1. The Hall–Kier alpha value is -0.950. The van der Waals surface area contributed by atoms with Gasteiger partial charge in [0.2, 0.25) is 11.8 Å². The third-order valence-corrected chi connectivity index (χ3v) is 5.28. The maximum Gasteiger partial charge on any atom is 0.246 e. The molecule has 7 heteroatoms. The van der Waals surface area contributed by atoms with Crippen molar-refractivity contribution in [1.29, 1.82) is 0 Å². The highest BCUT2D eigenvalue weighted by atomic mass is 32.2. The average molecular weight is 276 g/mol. The van der Waals surface area contributed by atoms with Crippen molar-refractivity contribution in [2.24, 2.45) is 0 Å². The van der Waals surface area contributed by atoms with Crippen LogP contribution in [0.25, 0.3) is 0 Å². The van der Waals surface area contributed by atoms with E-state index in [1.54, 1.807) is 13.8 Å². The van der Waals surface area contributed by atoms with Gasteiger partial charge in [0.25, 0.3) is 0 Å². The van der Waals surface area contributed by atoms with Crippen molar-refractivity contribution >= 4 is 21.7 Å². The van der Waals surface area contributed by atoms with Crippen LogP contribution in [-0.4, -0.2) is 55.3 Å². The third kappa shape index (κ3) is 3.29. The Labute approximate surface area is 108 Å². The lowest BCUT2D eigenvalue weighted by Crippen LogP contribution is -2.58. The fraction of sp³-hybridized carbons (Fsp3) is 0.818. The lowest BCUT2D eigenvalue weighted by molar-refractivity contribution is -0.148. The minimum Gasteiger partial charge on any atom is -0.297 e. The molecule has 104 valence electrons. The molecule has 0 spiro atoms. The van der Waals surface area contributed by atoms with E-state index < -0.39 is 15.1 Å². The molecule has 0 radical (unpaired) electrons. The molecule has 0 aromatic rings. The van der Waals surface area contributed by atoms with Crippen molar-refractivity contribution in [2.45, 2.75) is 38.5 Å². The number of carbonyl (C=O) groups is 2. The van der Waals surface area contributed by atoms with Crippen LogP contribution in [0.5, 0.6) is 0 Å². The zero-order valence-electron chi connectivity index (χ0n) is 11.0. The second-order valence-electron chi connectivity index (χ2n) is 4.64. The zero-order valence-corrected chi connectivity index (χ0v) is 11.8. The first-order valence-electron chi connectivity index (χ1n) is 6.08. The lowest BCUT2D eigenvalue weighted by Gasteiger charge is -2.31. The molecule has 0 aliphatic carbocycles. The van der Waals surface area contributed by atoms with Gasteiger partial charge >= 0.3 is 0 Å². The van der Waals surface area contributed by atoms with Gasteiger partial charge < -0.3 is 0 Å². The van der Waals surface area contributed by atoms with Gasteiger partial charge in [-0.15, -0.1) is 0 Å². The number of sulfone groups is 1. The quantitative estimate of drug-likeness (QED) is 0.687. The predicted octanol–water partition coefficient (Wildman–Crippen LogP) is -0.453. The van der Waals surface area contributed by atoms with Crippen LogP contribution in [0.3, 0.4) is 0 Å². The van der Waals surface area contributed by atoms with E-state index in [0.29, 0.717) is 6.42 Å². The van der Waals surface area contributed by atoms with Crippen molar-refractivity contribution in [2.75, 3.05) is 18.8 Å². The SMILES string of the molecule is CCC1NCC(=O)N(CCS(=O)(=O)C(C)C)C1=O.